The molecule has 0 saturated heterocycles. The third-order valence-electron chi connectivity index (χ3n) is 3.11. The molecule has 0 radical (unpaired) electrons. The third kappa shape index (κ3) is 2.71. The predicted octanol–water partition coefficient (Wildman–Crippen LogP) is 2.78. The van der Waals surface area contributed by atoms with Gasteiger partial charge < -0.3 is 0 Å². The highest BCUT2D eigenvalue weighted by atomic mass is 32.1. The molecule has 21 heavy (non-hydrogen) atoms. The van der Waals surface area contributed by atoms with Crippen LogP contribution in [0.5, 0.6) is 0 Å². The first-order valence-electron chi connectivity index (χ1n) is 6.47. The second-order valence-corrected chi connectivity index (χ2v) is 5.58. The van der Waals surface area contributed by atoms with E-state index in [-0.39, 0.29) is 5.91 Å². The number of nitrogens with zero attached hydrogens (tertiary/aromatic N) is 3. The highest BCUT2D eigenvalue weighted by molar-refractivity contribution is 7.15. The van der Waals surface area contributed by atoms with Crippen molar-refractivity contribution in [2.24, 2.45) is 5.10 Å². The molecule has 1 amide bonds. The fourth-order valence-corrected chi connectivity index (χ4v) is 2.80. The van der Waals surface area contributed by atoms with Gasteiger partial charge in [-0.15, -0.1) is 11.3 Å². The van der Waals surface area contributed by atoms with Crippen LogP contribution in [0.4, 0.5) is 0 Å². The Morgan fingerprint density at radius 2 is 2.10 bits per heavy atom. The van der Waals surface area contributed by atoms with Gasteiger partial charge in [-0.2, -0.15) is 5.10 Å². The van der Waals surface area contributed by atoms with Crippen LogP contribution in [-0.4, -0.2) is 21.5 Å². The largest absolute Gasteiger partial charge is 0.290 e. The number of hydrogen-bond acceptors (Lipinski definition) is 4. The van der Waals surface area contributed by atoms with E-state index in [0.717, 1.165) is 10.5 Å². The van der Waals surface area contributed by atoms with Crippen molar-refractivity contribution in [2.45, 2.75) is 13.8 Å². The summed E-state index contributed by atoms with van der Waals surface area (Å²) in [5.41, 5.74) is 5.89. The molecule has 0 aliphatic rings. The van der Waals surface area contributed by atoms with Gasteiger partial charge in [0.1, 0.15) is 5.69 Å². The second kappa shape index (κ2) is 5.49. The fraction of sp³-hybridized carbons (Fsp3) is 0.133. The van der Waals surface area contributed by atoms with Gasteiger partial charge in [-0.3, -0.25) is 9.20 Å². The monoisotopic (exact) mass is 298 g/mol. The summed E-state index contributed by atoms with van der Waals surface area (Å²) in [5, 5.41) is 5.89. The number of imidazole rings is 1. The number of hydrogen-bond donors (Lipinski definition) is 1. The fourth-order valence-electron chi connectivity index (χ4n) is 2.04. The van der Waals surface area contributed by atoms with Crippen molar-refractivity contribution in [2.75, 3.05) is 0 Å². The first kappa shape index (κ1) is 13.5. The molecule has 6 heteroatoms. The Kier molecular flexibility index (Phi) is 3.53. The van der Waals surface area contributed by atoms with E-state index in [0.29, 0.717) is 11.4 Å². The summed E-state index contributed by atoms with van der Waals surface area (Å²) in [7, 11) is 0. The Labute approximate surface area is 126 Å². The molecule has 0 aliphatic carbocycles. The lowest BCUT2D eigenvalue weighted by Gasteiger charge is -1.99. The van der Waals surface area contributed by atoms with E-state index in [9.17, 15) is 4.79 Å². The van der Waals surface area contributed by atoms with Crippen molar-refractivity contribution in [3.63, 3.8) is 0 Å². The molecule has 2 aromatic heterocycles. The molecule has 3 aromatic rings. The molecule has 0 bridgehead atoms. The summed E-state index contributed by atoms with van der Waals surface area (Å²) >= 11 is 1.50. The number of thiazole rings is 1. The molecular weight excluding hydrogens is 284 g/mol. The van der Waals surface area contributed by atoms with Crippen molar-refractivity contribution in [3.05, 3.63) is 58.4 Å². The Hall–Kier alpha value is -2.47. The van der Waals surface area contributed by atoms with Crippen LogP contribution in [0.1, 0.15) is 27.3 Å². The average Bonchev–Trinajstić information content (AvgIpc) is 3.00. The standard InChI is InChI=1S/C15H14N4OS/c1-10-3-5-12(6-4-10)9-16-18-14(20)13-11(2)17-15-19(13)7-8-21-15/h3-9H,1-2H3,(H,18,20)/b16-9-. The number of hydrazone groups is 1. The van der Waals surface area contributed by atoms with Gasteiger partial charge >= 0.3 is 0 Å². The van der Waals surface area contributed by atoms with Gasteiger partial charge in [-0.05, 0) is 19.4 Å². The quantitative estimate of drug-likeness (QED) is 0.597. The van der Waals surface area contributed by atoms with Crippen LogP contribution in [0.25, 0.3) is 4.96 Å². The summed E-state index contributed by atoms with van der Waals surface area (Å²) in [6, 6.07) is 7.90. The van der Waals surface area contributed by atoms with Gasteiger partial charge in [0.2, 0.25) is 0 Å². The van der Waals surface area contributed by atoms with Gasteiger partial charge in [-0.1, -0.05) is 29.8 Å². The number of aromatic nitrogens is 2. The molecule has 0 unspecified atom stereocenters. The summed E-state index contributed by atoms with van der Waals surface area (Å²) in [6.07, 6.45) is 3.46. The van der Waals surface area contributed by atoms with E-state index in [1.54, 1.807) is 10.6 Å². The Morgan fingerprint density at radius 1 is 1.33 bits per heavy atom. The normalized spacial score (nSPS) is 11.3. The molecule has 5 nitrogen and oxygen atoms in total. The van der Waals surface area contributed by atoms with Gasteiger partial charge in [0.05, 0.1) is 11.9 Å². The smallest absolute Gasteiger partial charge is 0.286 e. The van der Waals surface area contributed by atoms with Crippen molar-refractivity contribution < 1.29 is 4.79 Å². The van der Waals surface area contributed by atoms with Crippen LogP contribution in [0.15, 0.2) is 40.9 Å². The number of aryl methyl sites for hydroxylation is 2. The van der Waals surface area contributed by atoms with Crippen LogP contribution < -0.4 is 5.43 Å². The Morgan fingerprint density at radius 3 is 2.86 bits per heavy atom. The molecule has 3 rings (SSSR count). The lowest BCUT2D eigenvalue weighted by molar-refractivity contribution is 0.0948. The van der Waals surface area contributed by atoms with E-state index < -0.39 is 0 Å². The molecule has 0 saturated carbocycles. The Bertz CT molecular complexity index is 814. The van der Waals surface area contributed by atoms with Gasteiger partial charge in [0, 0.05) is 11.6 Å². The van der Waals surface area contributed by atoms with E-state index in [1.807, 2.05) is 49.7 Å². The average molecular weight is 298 g/mol. The van der Waals surface area contributed by atoms with E-state index in [2.05, 4.69) is 15.5 Å². The Balaban J connectivity index is 1.76. The highest BCUT2D eigenvalue weighted by Gasteiger charge is 2.16. The number of carbonyl (C=O) groups is 1. The second-order valence-electron chi connectivity index (χ2n) is 4.71. The van der Waals surface area contributed by atoms with E-state index in [4.69, 9.17) is 0 Å². The molecule has 0 fully saturated rings. The maximum atomic E-state index is 12.2. The zero-order valence-electron chi connectivity index (χ0n) is 11.7. The molecule has 1 aromatic carbocycles. The van der Waals surface area contributed by atoms with Crippen molar-refractivity contribution in [1.82, 2.24) is 14.8 Å². The minimum Gasteiger partial charge on any atom is -0.286 e. The summed E-state index contributed by atoms with van der Waals surface area (Å²) in [6.45, 7) is 3.84. The van der Waals surface area contributed by atoms with E-state index >= 15 is 0 Å². The van der Waals surface area contributed by atoms with Crippen molar-refractivity contribution in [3.8, 4) is 0 Å². The summed E-state index contributed by atoms with van der Waals surface area (Å²) in [4.78, 5) is 17.3. The third-order valence-corrected chi connectivity index (χ3v) is 3.87. The van der Waals surface area contributed by atoms with Crippen LogP contribution in [0.2, 0.25) is 0 Å². The van der Waals surface area contributed by atoms with Gasteiger partial charge in [0.25, 0.3) is 5.91 Å². The number of nitrogens with one attached hydrogen (secondary N) is 1. The lowest BCUT2D eigenvalue weighted by atomic mass is 10.2. The predicted molar refractivity (Wildman–Crippen MR) is 84.0 cm³/mol. The van der Waals surface area contributed by atoms with Crippen molar-refractivity contribution in [1.29, 1.82) is 0 Å². The van der Waals surface area contributed by atoms with Gasteiger partial charge in [-0.25, -0.2) is 10.4 Å². The first-order chi connectivity index (χ1) is 10.1. The zero-order valence-corrected chi connectivity index (χ0v) is 12.5. The zero-order chi connectivity index (χ0) is 14.8. The van der Waals surface area contributed by atoms with Gasteiger partial charge in [0.15, 0.2) is 4.96 Å². The lowest BCUT2D eigenvalue weighted by Crippen LogP contribution is -2.20. The molecule has 0 atom stereocenters. The van der Waals surface area contributed by atoms with Crippen LogP contribution in [0.3, 0.4) is 0 Å². The molecule has 1 N–H and O–H groups in total. The first-order valence-corrected chi connectivity index (χ1v) is 7.35. The maximum Gasteiger partial charge on any atom is 0.290 e. The number of rotatable bonds is 3. The minimum absolute atomic E-state index is 0.262. The van der Waals surface area contributed by atoms with Crippen LogP contribution in [-0.2, 0) is 0 Å². The topological polar surface area (TPSA) is 58.8 Å². The molecular formula is C15H14N4OS. The SMILES string of the molecule is Cc1ccc(/C=N\NC(=O)c2c(C)nc3sccn23)cc1. The summed E-state index contributed by atoms with van der Waals surface area (Å²) in [5.74, 6) is -0.262. The van der Waals surface area contributed by atoms with Crippen molar-refractivity contribution >= 4 is 28.4 Å². The van der Waals surface area contributed by atoms with Crippen LogP contribution in [0, 0.1) is 13.8 Å². The molecule has 0 spiro atoms. The molecule has 0 aliphatic heterocycles. The molecule has 106 valence electrons. The highest BCUT2D eigenvalue weighted by Crippen LogP contribution is 2.16. The summed E-state index contributed by atoms with van der Waals surface area (Å²) < 4.78 is 1.77. The molecule has 2 heterocycles. The van der Waals surface area contributed by atoms with E-state index in [1.165, 1.54) is 16.9 Å². The number of fused-ring (bicyclic) bond motifs is 1. The number of carbonyl (C=O) groups excluding carboxylic acids is 1. The van der Waals surface area contributed by atoms with Crippen LogP contribution >= 0.6 is 11.3 Å². The number of benzene rings is 1. The minimum atomic E-state index is -0.262. The maximum absolute atomic E-state index is 12.2. The number of amides is 1.